The first-order chi connectivity index (χ1) is 12.8. The second kappa shape index (κ2) is 9.76. The van der Waals surface area contributed by atoms with Crippen molar-refractivity contribution in [3.05, 3.63) is 48.2 Å². The molecule has 0 saturated heterocycles. The Labute approximate surface area is 154 Å². The minimum absolute atomic E-state index is 0.0846. The third kappa shape index (κ3) is 6.77. The quantitative estimate of drug-likeness (QED) is 0.410. The van der Waals surface area contributed by atoms with Crippen LogP contribution in [0.15, 0.2) is 47.6 Å². The zero-order chi connectivity index (χ0) is 19.8. The molecule has 0 radical (unpaired) electrons. The van der Waals surface area contributed by atoms with Crippen LogP contribution in [0.1, 0.15) is 10.4 Å². The minimum Gasteiger partial charge on any atom is -0.452 e. The van der Waals surface area contributed by atoms with Gasteiger partial charge in [0, 0.05) is 11.9 Å². The zero-order valence-electron chi connectivity index (χ0n) is 13.4. The Bertz CT molecular complexity index is 790. The summed E-state index contributed by atoms with van der Waals surface area (Å²) in [4.78, 5) is 27.4. The molecule has 0 aliphatic rings. The molecule has 11 heteroatoms. The first kappa shape index (κ1) is 20.5. The van der Waals surface area contributed by atoms with E-state index < -0.39 is 30.9 Å². The number of nitrogens with zero attached hydrogens (tertiary/aromatic N) is 1. The average Bonchev–Trinajstić information content (AvgIpc) is 2.61. The van der Waals surface area contributed by atoms with Crippen LogP contribution in [0.25, 0.3) is 0 Å². The van der Waals surface area contributed by atoms with Gasteiger partial charge >= 0.3 is 12.6 Å². The van der Waals surface area contributed by atoms with Crippen LogP contribution in [0, 0.1) is 0 Å². The van der Waals surface area contributed by atoms with Gasteiger partial charge in [-0.3, -0.25) is 4.79 Å². The summed E-state index contributed by atoms with van der Waals surface area (Å²) in [5.74, 6) is -4.55. The number of amides is 1. The van der Waals surface area contributed by atoms with E-state index >= 15 is 0 Å². The van der Waals surface area contributed by atoms with Crippen molar-refractivity contribution in [1.82, 2.24) is 4.98 Å². The first-order valence-corrected chi connectivity index (χ1v) is 8.15. The number of benzene rings is 1. The first-order valence-electron chi connectivity index (χ1n) is 7.27. The van der Waals surface area contributed by atoms with E-state index in [-0.39, 0.29) is 33.8 Å². The highest BCUT2D eigenvalue weighted by Gasteiger charge is 2.18. The van der Waals surface area contributed by atoms with Crippen LogP contribution in [-0.4, -0.2) is 35.8 Å². The Balaban J connectivity index is 1.89. The van der Waals surface area contributed by atoms with Crippen molar-refractivity contribution in [3.8, 4) is 5.75 Å². The summed E-state index contributed by atoms with van der Waals surface area (Å²) in [5.41, 5.74) is 0.0667. The molecule has 1 amide bonds. The van der Waals surface area contributed by atoms with Crippen LogP contribution >= 0.6 is 11.8 Å². The number of aromatic nitrogens is 1. The standard InChI is InChI=1S/C16H12F4N2O4S/c17-15(18)26-10-5-3-9(4-6-10)22-12(23)8-25-14(24)11-2-1-7-21-13(11)27-16(19)20/h1-7,15-16H,8H2,(H,22,23). The van der Waals surface area contributed by atoms with Crippen LogP contribution in [0.4, 0.5) is 23.2 Å². The van der Waals surface area contributed by atoms with Crippen molar-refractivity contribution >= 4 is 29.3 Å². The van der Waals surface area contributed by atoms with Crippen molar-refractivity contribution in [2.45, 2.75) is 17.4 Å². The summed E-state index contributed by atoms with van der Waals surface area (Å²) in [5, 5.41) is 2.16. The topological polar surface area (TPSA) is 77.5 Å². The molecular weight excluding hydrogens is 392 g/mol. The molecule has 27 heavy (non-hydrogen) atoms. The van der Waals surface area contributed by atoms with Crippen molar-refractivity contribution in [3.63, 3.8) is 0 Å². The van der Waals surface area contributed by atoms with E-state index in [0.717, 1.165) is 0 Å². The van der Waals surface area contributed by atoms with Gasteiger partial charge in [-0.2, -0.15) is 17.6 Å². The van der Waals surface area contributed by atoms with Crippen LogP contribution in [0.3, 0.4) is 0 Å². The van der Waals surface area contributed by atoms with Gasteiger partial charge in [-0.05, 0) is 48.2 Å². The number of rotatable bonds is 8. The van der Waals surface area contributed by atoms with E-state index in [1.807, 2.05) is 0 Å². The highest BCUT2D eigenvalue weighted by Crippen LogP contribution is 2.26. The minimum atomic E-state index is -2.97. The zero-order valence-corrected chi connectivity index (χ0v) is 14.2. The highest BCUT2D eigenvalue weighted by molar-refractivity contribution is 7.99. The molecule has 0 aliphatic heterocycles. The molecule has 1 aromatic carbocycles. The molecule has 0 bridgehead atoms. The average molecular weight is 404 g/mol. The number of anilines is 1. The normalized spacial score (nSPS) is 10.7. The number of carbonyl (C=O) groups is 2. The Morgan fingerprint density at radius 1 is 1.11 bits per heavy atom. The van der Waals surface area contributed by atoms with E-state index in [4.69, 9.17) is 4.74 Å². The number of halogens is 4. The Kier molecular flexibility index (Phi) is 7.41. The summed E-state index contributed by atoms with van der Waals surface area (Å²) in [7, 11) is 0. The van der Waals surface area contributed by atoms with Crippen molar-refractivity contribution < 1.29 is 36.6 Å². The fraction of sp³-hybridized carbons (Fsp3) is 0.188. The van der Waals surface area contributed by atoms with E-state index in [2.05, 4.69) is 15.0 Å². The lowest BCUT2D eigenvalue weighted by molar-refractivity contribution is -0.119. The number of hydrogen-bond acceptors (Lipinski definition) is 6. The van der Waals surface area contributed by atoms with E-state index in [0.29, 0.717) is 0 Å². The smallest absolute Gasteiger partial charge is 0.387 e. The van der Waals surface area contributed by atoms with Crippen molar-refractivity contribution in [2.75, 3.05) is 11.9 Å². The third-order valence-electron chi connectivity index (χ3n) is 2.89. The molecule has 0 atom stereocenters. The van der Waals surface area contributed by atoms with Gasteiger partial charge in [0.25, 0.3) is 11.7 Å². The molecule has 0 unspecified atom stereocenters. The molecule has 144 valence electrons. The molecule has 1 aromatic heterocycles. The maximum Gasteiger partial charge on any atom is 0.387 e. The molecule has 1 N–H and O–H groups in total. The second-order valence-corrected chi connectivity index (χ2v) is 5.74. The van der Waals surface area contributed by atoms with Crippen molar-refractivity contribution in [1.29, 1.82) is 0 Å². The fourth-order valence-corrected chi connectivity index (χ4v) is 2.42. The number of alkyl halides is 4. The molecule has 6 nitrogen and oxygen atoms in total. The van der Waals surface area contributed by atoms with Gasteiger partial charge in [-0.15, -0.1) is 0 Å². The van der Waals surface area contributed by atoms with E-state index in [1.165, 1.54) is 42.6 Å². The van der Waals surface area contributed by atoms with Crippen LogP contribution in [-0.2, 0) is 9.53 Å². The second-order valence-electron chi connectivity index (χ2n) is 4.76. The van der Waals surface area contributed by atoms with Gasteiger partial charge in [0.15, 0.2) is 6.61 Å². The Hall–Kier alpha value is -2.82. The van der Waals surface area contributed by atoms with E-state index in [1.54, 1.807) is 0 Å². The van der Waals surface area contributed by atoms with Crippen LogP contribution in [0.5, 0.6) is 5.75 Å². The molecule has 0 fully saturated rings. The summed E-state index contributed by atoms with van der Waals surface area (Å²) in [6, 6.07) is 7.69. The van der Waals surface area contributed by atoms with Gasteiger partial charge in [0.05, 0.1) is 5.56 Å². The summed E-state index contributed by atoms with van der Waals surface area (Å²) in [6.07, 6.45) is 1.25. The number of thioether (sulfide) groups is 1. The largest absolute Gasteiger partial charge is 0.452 e. The third-order valence-corrected chi connectivity index (χ3v) is 3.62. The fourth-order valence-electron chi connectivity index (χ4n) is 1.85. The van der Waals surface area contributed by atoms with Crippen LogP contribution in [0.2, 0.25) is 0 Å². The lowest BCUT2D eigenvalue weighted by Gasteiger charge is -2.09. The lowest BCUT2D eigenvalue weighted by Crippen LogP contribution is -2.21. The Morgan fingerprint density at radius 2 is 1.81 bits per heavy atom. The highest BCUT2D eigenvalue weighted by atomic mass is 32.2. The number of esters is 1. The number of ether oxygens (including phenoxy) is 2. The molecule has 1 heterocycles. The number of hydrogen-bond donors (Lipinski definition) is 1. The molecular formula is C16H12F4N2O4S. The maximum atomic E-state index is 12.5. The van der Waals surface area contributed by atoms with Gasteiger partial charge in [-0.25, -0.2) is 9.78 Å². The summed E-state index contributed by atoms with van der Waals surface area (Å²) < 4.78 is 58.0. The van der Waals surface area contributed by atoms with Gasteiger partial charge in [0.2, 0.25) is 0 Å². The SMILES string of the molecule is O=C(COC(=O)c1cccnc1SC(F)F)Nc1ccc(OC(F)F)cc1. The molecule has 0 saturated carbocycles. The van der Waals surface area contributed by atoms with Crippen LogP contribution < -0.4 is 10.1 Å². The van der Waals surface area contributed by atoms with E-state index in [9.17, 15) is 27.2 Å². The monoisotopic (exact) mass is 404 g/mol. The predicted molar refractivity (Wildman–Crippen MR) is 88.1 cm³/mol. The predicted octanol–water partition coefficient (Wildman–Crippen LogP) is 3.79. The van der Waals surface area contributed by atoms with Crippen molar-refractivity contribution in [2.24, 2.45) is 0 Å². The molecule has 0 aliphatic carbocycles. The number of carbonyl (C=O) groups excluding carboxylic acids is 2. The number of nitrogens with one attached hydrogen (secondary N) is 1. The molecule has 2 aromatic rings. The molecule has 2 rings (SSSR count). The maximum absolute atomic E-state index is 12.5. The van der Waals surface area contributed by atoms with Gasteiger partial charge in [-0.1, -0.05) is 0 Å². The van der Waals surface area contributed by atoms with Gasteiger partial charge in [0.1, 0.15) is 10.8 Å². The summed E-state index contributed by atoms with van der Waals surface area (Å²) >= 11 is 0.0846. The Morgan fingerprint density at radius 3 is 2.44 bits per heavy atom. The summed E-state index contributed by atoms with van der Waals surface area (Å²) in [6.45, 7) is -3.65. The lowest BCUT2D eigenvalue weighted by atomic mass is 10.3. The molecule has 0 spiro atoms. The number of pyridine rings is 1. The van der Waals surface area contributed by atoms with Gasteiger partial charge < -0.3 is 14.8 Å².